The molecule has 0 aliphatic carbocycles. The van der Waals surface area contributed by atoms with Gasteiger partial charge in [0.2, 0.25) is 0 Å². The number of benzene rings is 7. The number of nitrogens with zero attached hydrogens (tertiary/aromatic N) is 4. The Hall–Kier alpha value is -7.50. The van der Waals surface area contributed by atoms with Crippen molar-refractivity contribution < 1.29 is 9.30 Å². The summed E-state index contributed by atoms with van der Waals surface area (Å²) in [7, 11) is 0. The summed E-state index contributed by atoms with van der Waals surface area (Å²) in [6.45, 7) is 22.8. The molecule has 344 valence electrons. The van der Waals surface area contributed by atoms with Crippen LogP contribution in [0.25, 0.3) is 50.1 Å². The van der Waals surface area contributed by atoms with Crippen LogP contribution in [0.1, 0.15) is 103 Å². The summed E-state index contributed by atoms with van der Waals surface area (Å²) in [5.41, 5.74) is 12.8. The molecule has 69 heavy (non-hydrogen) atoms. The Morgan fingerprint density at radius 1 is 0.464 bits per heavy atom. The fourth-order valence-corrected chi connectivity index (χ4v) is 9.68. The van der Waals surface area contributed by atoms with Crippen LogP contribution in [-0.4, -0.2) is 14.1 Å². The summed E-state index contributed by atoms with van der Waals surface area (Å²) in [6, 6.07) is 65.3. The number of pyridine rings is 1. The predicted octanol–water partition coefficient (Wildman–Crippen LogP) is 15.8. The molecule has 10 rings (SSSR count). The third-order valence-corrected chi connectivity index (χ3v) is 14.1. The van der Waals surface area contributed by atoms with E-state index in [-0.39, 0.29) is 16.2 Å². The van der Waals surface area contributed by atoms with Crippen LogP contribution in [-0.2, 0) is 21.7 Å². The zero-order valence-electron chi connectivity index (χ0n) is 41.7. The fraction of sp³-hybridized carbons (Fsp3) is 0.219. The molecule has 0 bridgehead atoms. The van der Waals surface area contributed by atoms with Gasteiger partial charge in [0.25, 0.3) is 6.33 Å². The predicted molar refractivity (Wildman–Crippen MR) is 285 cm³/mol. The van der Waals surface area contributed by atoms with Gasteiger partial charge in [-0.25, -0.2) is 4.98 Å². The smallest absolute Gasteiger partial charge is 0.269 e. The Bertz CT molecular complexity index is 3470. The van der Waals surface area contributed by atoms with Gasteiger partial charge in [-0.05, 0) is 110 Å². The first kappa shape index (κ1) is 45.3. The molecular weight excluding hydrogens is 841 g/mol. The minimum atomic E-state index is -0.415. The second-order valence-corrected chi connectivity index (χ2v) is 21.7. The summed E-state index contributed by atoms with van der Waals surface area (Å²) < 4.78 is 13.8. The molecule has 5 nitrogen and oxygen atoms in total. The molecule has 0 unspecified atom stereocenters. The molecule has 0 fully saturated rings. The van der Waals surface area contributed by atoms with E-state index < -0.39 is 5.41 Å². The van der Waals surface area contributed by atoms with Crippen LogP contribution >= 0.6 is 0 Å². The highest BCUT2D eigenvalue weighted by Gasteiger charge is 2.31. The maximum absolute atomic E-state index is 7.04. The largest absolute Gasteiger partial charge is 0.458 e. The Morgan fingerprint density at radius 3 is 1.77 bits per heavy atom. The number of imidazole rings is 1. The minimum Gasteiger partial charge on any atom is -0.458 e. The molecule has 0 aliphatic heterocycles. The lowest BCUT2D eigenvalue weighted by molar-refractivity contribution is -0.599. The van der Waals surface area contributed by atoms with E-state index >= 15 is 0 Å². The molecule has 3 heterocycles. The number of fused-ring (bicyclic) bond motifs is 3. The topological polar surface area (TPSA) is 35.9 Å². The van der Waals surface area contributed by atoms with Gasteiger partial charge in [-0.3, -0.25) is 13.7 Å². The van der Waals surface area contributed by atoms with Crippen LogP contribution < -0.4 is 9.30 Å². The second-order valence-electron chi connectivity index (χ2n) is 21.7. The lowest BCUT2D eigenvalue weighted by atomic mass is 9.77. The van der Waals surface area contributed by atoms with Crippen molar-refractivity contribution in [2.24, 2.45) is 0 Å². The Balaban J connectivity index is 1.14. The van der Waals surface area contributed by atoms with Gasteiger partial charge < -0.3 is 4.74 Å². The monoisotopic (exact) mass is 902 g/mol. The van der Waals surface area contributed by atoms with Crippen molar-refractivity contribution in [2.75, 3.05) is 0 Å². The minimum absolute atomic E-state index is 0.0263. The van der Waals surface area contributed by atoms with E-state index in [1.165, 1.54) is 33.2 Å². The zero-order chi connectivity index (χ0) is 48.3. The van der Waals surface area contributed by atoms with E-state index in [2.05, 4.69) is 277 Å². The fourth-order valence-electron chi connectivity index (χ4n) is 9.68. The Kier molecular flexibility index (Phi) is 11.3. The zero-order valence-corrected chi connectivity index (χ0v) is 41.7. The number of rotatable bonds is 10. The summed E-state index contributed by atoms with van der Waals surface area (Å²) in [6.07, 6.45) is 8.11. The standard InChI is InChI=1S/C64H62N4O/c1-61(2,3)48-32-33-65-60(39-48)68-57-29-21-20-28-55(57)56-31-30-53(41-58(56)68)69-54-38-49(62(4,5)6)36-52(40-54)67-43-66(42-59(67)64(9,10)47-26-18-13-19-27-47)51-35-45(44-22-14-11-15-23-44)34-50(37-51)63(7,8)46-24-16-12-17-25-46/h11-42H,1-10H3. The van der Waals surface area contributed by atoms with Gasteiger partial charge in [0.15, 0.2) is 0 Å². The van der Waals surface area contributed by atoms with Crippen LogP contribution in [0.2, 0.25) is 0 Å². The van der Waals surface area contributed by atoms with Crippen molar-refractivity contribution in [3.05, 3.63) is 234 Å². The average molecular weight is 903 g/mol. The number of ether oxygens (including phenoxy) is 1. The molecule has 0 N–H and O–H groups in total. The summed E-state index contributed by atoms with van der Waals surface area (Å²) >= 11 is 0. The normalized spacial score (nSPS) is 12.5. The van der Waals surface area contributed by atoms with Crippen molar-refractivity contribution in [3.63, 3.8) is 0 Å². The van der Waals surface area contributed by atoms with E-state index in [1.54, 1.807) is 0 Å². The molecule has 10 aromatic rings. The van der Waals surface area contributed by atoms with Crippen molar-refractivity contribution in [3.8, 4) is 39.8 Å². The first-order valence-corrected chi connectivity index (χ1v) is 24.2. The lowest BCUT2D eigenvalue weighted by Crippen LogP contribution is -2.30. The van der Waals surface area contributed by atoms with Gasteiger partial charge in [-0.1, -0.05) is 184 Å². The first-order valence-electron chi connectivity index (χ1n) is 24.2. The van der Waals surface area contributed by atoms with Crippen molar-refractivity contribution in [2.45, 2.75) is 90.9 Å². The van der Waals surface area contributed by atoms with Gasteiger partial charge in [-0.15, -0.1) is 0 Å². The Labute approximate surface area is 408 Å². The molecule has 0 amide bonds. The molecule has 0 atom stereocenters. The number of para-hydroxylation sites is 1. The molecule has 0 spiro atoms. The van der Waals surface area contributed by atoms with E-state index in [0.717, 1.165) is 61.9 Å². The third kappa shape index (κ3) is 8.67. The highest BCUT2D eigenvalue weighted by molar-refractivity contribution is 6.09. The SMILES string of the molecule is CC(C)(C)c1cc(Oc2ccc3c4ccccc4n(-c4cc(C(C)(C)C)ccn4)c3c2)cc(-n2[c-][n+](-c3cc(-c4ccccc4)cc(C(C)(C)c4ccccc4)c3)cc2C(C)(C)c2ccccc2)c1. The maximum Gasteiger partial charge on any atom is 0.269 e. The number of aromatic nitrogens is 4. The molecule has 0 aliphatic rings. The second kappa shape index (κ2) is 17.2. The van der Waals surface area contributed by atoms with Crippen molar-refractivity contribution in [1.29, 1.82) is 0 Å². The maximum atomic E-state index is 7.04. The van der Waals surface area contributed by atoms with Gasteiger partial charge in [-0.2, -0.15) is 0 Å². The van der Waals surface area contributed by atoms with Gasteiger partial charge in [0.1, 0.15) is 17.3 Å². The lowest BCUT2D eigenvalue weighted by Gasteiger charge is -2.28. The molecule has 0 saturated carbocycles. The molecular formula is C64H62N4O. The number of hydrogen-bond acceptors (Lipinski definition) is 2. The molecule has 3 aromatic heterocycles. The Morgan fingerprint density at radius 2 is 1.09 bits per heavy atom. The summed E-state index contributed by atoms with van der Waals surface area (Å²) in [5, 5.41) is 2.32. The molecule has 0 saturated heterocycles. The molecule has 0 radical (unpaired) electrons. The first-order chi connectivity index (χ1) is 32.9. The number of hydrogen-bond donors (Lipinski definition) is 0. The van der Waals surface area contributed by atoms with E-state index in [0.29, 0.717) is 0 Å². The van der Waals surface area contributed by atoms with Gasteiger partial charge >= 0.3 is 0 Å². The quantitative estimate of drug-likeness (QED) is 0.101. The van der Waals surface area contributed by atoms with Crippen LogP contribution in [0.5, 0.6) is 11.5 Å². The van der Waals surface area contributed by atoms with Crippen LogP contribution in [0.4, 0.5) is 0 Å². The van der Waals surface area contributed by atoms with Crippen molar-refractivity contribution >= 4 is 21.8 Å². The van der Waals surface area contributed by atoms with Crippen LogP contribution in [0, 0.1) is 6.33 Å². The van der Waals surface area contributed by atoms with Crippen LogP contribution in [0.3, 0.4) is 0 Å². The van der Waals surface area contributed by atoms with E-state index in [4.69, 9.17) is 9.72 Å². The van der Waals surface area contributed by atoms with Gasteiger partial charge in [0, 0.05) is 40.1 Å². The summed E-state index contributed by atoms with van der Waals surface area (Å²) in [4.78, 5) is 4.93. The van der Waals surface area contributed by atoms with E-state index in [9.17, 15) is 0 Å². The molecule has 5 heteroatoms. The van der Waals surface area contributed by atoms with E-state index in [1.807, 2.05) is 6.20 Å². The highest BCUT2D eigenvalue weighted by Crippen LogP contribution is 2.40. The highest BCUT2D eigenvalue weighted by atomic mass is 16.5. The molecule has 7 aromatic carbocycles. The van der Waals surface area contributed by atoms with Gasteiger partial charge in [0.05, 0.1) is 28.1 Å². The third-order valence-electron chi connectivity index (χ3n) is 14.1. The van der Waals surface area contributed by atoms with Crippen LogP contribution in [0.15, 0.2) is 194 Å². The summed E-state index contributed by atoms with van der Waals surface area (Å²) in [5.74, 6) is 2.39. The van der Waals surface area contributed by atoms with Crippen molar-refractivity contribution in [1.82, 2.24) is 14.1 Å². The average Bonchev–Trinajstić information content (AvgIpc) is 3.95.